The van der Waals surface area contributed by atoms with E-state index >= 15 is 0 Å². The Morgan fingerprint density at radius 3 is 2.96 bits per heavy atom. The summed E-state index contributed by atoms with van der Waals surface area (Å²) in [6, 6.07) is 5.83. The zero-order valence-corrected chi connectivity index (χ0v) is 12.3. The summed E-state index contributed by atoms with van der Waals surface area (Å²) in [7, 11) is 0. The Labute approximate surface area is 131 Å². The van der Waals surface area contributed by atoms with Gasteiger partial charge in [0, 0.05) is 12.3 Å². The third kappa shape index (κ3) is 4.75. The maximum Gasteiger partial charge on any atom is 0.272 e. The van der Waals surface area contributed by atoms with Gasteiger partial charge >= 0.3 is 0 Å². The molecular weight excluding hydrogens is 310 g/mol. The van der Waals surface area contributed by atoms with Crippen molar-refractivity contribution in [2.45, 2.75) is 19.0 Å². The molecule has 2 heterocycles. The van der Waals surface area contributed by atoms with E-state index in [2.05, 4.69) is 10.3 Å². The molecule has 0 aliphatic rings. The van der Waals surface area contributed by atoms with Gasteiger partial charge in [-0.05, 0) is 25.1 Å². The number of carbonyl (C=O) groups is 1. The van der Waals surface area contributed by atoms with E-state index in [0.29, 0.717) is 5.76 Å². The Morgan fingerprint density at radius 2 is 2.30 bits per heavy atom. The van der Waals surface area contributed by atoms with Crippen LogP contribution in [-0.2, 0) is 5.60 Å². The van der Waals surface area contributed by atoms with Gasteiger partial charge in [-0.3, -0.25) is 9.78 Å². The predicted octanol–water partition coefficient (Wildman–Crippen LogP) is 1.96. The number of furan rings is 1. The second kappa shape index (κ2) is 7.19. The van der Waals surface area contributed by atoms with Crippen LogP contribution >= 0.6 is 0 Å². The predicted molar refractivity (Wildman–Crippen MR) is 76.3 cm³/mol. The maximum absolute atomic E-state index is 12.1. The molecule has 0 aliphatic heterocycles. The van der Waals surface area contributed by atoms with Crippen LogP contribution in [0.25, 0.3) is 0 Å². The lowest BCUT2D eigenvalue weighted by Gasteiger charge is -2.21. The second-order valence-electron chi connectivity index (χ2n) is 5.01. The number of alkyl halides is 2. The van der Waals surface area contributed by atoms with Crippen molar-refractivity contribution in [2.24, 2.45) is 0 Å². The minimum absolute atomic E-state index is 0.00740. The topological polar surface area (TPSA) is 84.6 Å². The van der Waals surface area contributed by atoms with Crippen molar-refractivity contribution >= 4 is 5.91 Å². The van der Waals surface area contributed by atoms with Crippen LogP contribution in [0.5, 0.6) is 5.75 Å². The van der Waals surface area contributed by atoms with Crippen LogP contribution in [0.1, 0.15) is 23.2 Å². The number of hydrogen-bond donors (Lipinski definition) is 2. The number of pyridine rings is 1. The number of aromatic nitrogens is 1. The van der Waals surface area contributed by atoms with Crippen molar-refractivity contribution in [1.29, 1.82) is 0 Å². The van der Waals surface area contributed by atoms with Crippen molar-refractivity contribution in [3.63, 3.8) is 0 Å². The van der Waals surface area contributed by atoms with E-state index in [1.54, 1.807) is 12.1 Å². The fourth-order valence-corrected chi connectivity index (χ4v) is 1.80. The average Bonchev–Trinajstić information content (AvgIpc) is 3.06. The van der Waals surface area contributed by atoms with E-state index in [1.165, 1.54) is 31.5 Å². The van der Waals surface area contributed by atoms with Gasteiger partial charge in [0.25, 0.3) is 12.3 Å². The first kappa shape index (κ1) is 16.9. The Balaban J connectivity index is 1.97. The molecule has 0 aromatic carbocycles. The average molecular weight is 326 g/mol. The van der Waals surface area contributed by atoms with E-state index in [-0.39, 0.29) is 18.0 Å². The maximum atomic E-state index is 12.1. The minimum Gasteiger partial charge on any atom is -0.488 e. The summed E-state index contributed by atoms with van der Waals surface area (Å²) in [6.07, 6.45) is 0.0843. The first-order valence-electron chi connectivity index (χ1n) is 6.80. The molecule has 0 saturated heterocycles. The first-order chi connectivity index (χ1) is 10.9. The highest BCUT2D eigenvalue weighted by molar-refractivity contribution is 5.92. The number of nitrogens with zero attached hydrogens (tertiary/aromatic N) is 1. The van der Waals surface area contributed by atoms with Crippen LogP contribution < -0.4 is 10.1 Å². The number of nitrogens with one attached hydrogen (secondary N) is 1. The molecule has 0 spiro atoms. The Hall–Kier alpha value is -2.48. The summed E-state index contributed by atoms with van der Waals surface area (Å²) in [5.74, 6) is -0.151. The molecule has 1 amide bonds. The van der Waals surface area contributed by atoms with E-state index in [1.807, 2.05) is 0 Å². The van der Waals surface area contributed by atoms with Crippen LogP contribution in [0.2, 0.25) is 0 Å². The summed E-state index contributed by atoms with van der Waals surface area (Å²) < 4.78 is 34.1. The molecule has 2 aromatic rings. The number of aliphatic hydroxyl groups is 1. The normalized spacial score (nSPS) is 13.6. The minimum atomic E-state index is -2.61. The molecule has 0 bridgehead atoms. The lowest BCUT2D eigenvalue weighted by atomic mass is 10.0. The van der Waals surface area contributed by atoms with E-state index in [9.17, 15) is 18.7 Å². The van der Waals surface area contributed by atoms with Gasteiger partial charge in [-0.1, -0.05) is 0 Å². The number of ether oxygens (including phenoxy) is 1. The van der Waals surface area contributed by atoms with Crippen molar-refractivity contribution in [3.05, 3.63) is 48.2 Å². The fraction of sp³-hybridized carbons (Fsp3) is 0.333. The number of carbonyl (C=O) groups excluding carboxylic acids is 1. The zero-order chi connectivity index (χ0) is 16.9. The number of amides is 1. The van der Waals surface area contributed by atoms with Crippen molar-refractivity contribution < 1.29 is 27.8 Å². The van der Waals surface area contributed by atoms with Gasteiger partial charge in [0.2, 0.25) is 0 Å². The Kier molecular flexibility index (Phi) is 5.28. The van der Waals surface area contributed by atoms with Crippen molar-refractivity contribution in [3.8, 4) is 5.75 Å². The third-order valence-electron chi connectivity index (χ3n) is 2.99. The first-order valence-corrected chi connectivity index (χ1v) is 6.80. The molecule has 124 valence electrons. The van der Waals surface area contributed by atoms with Gasteiger partial charge in [0.15, 0.2) is 0 Å². The monoisotopic (exact) mass is 326 g/mol. The molecule has 0 saturated carbocycles. The highest BCUT2D eigenvalue weighted by Crippen LogP contribution is 2.20. The fourth-order valence-electron chi connectivity index (χ4n) is 1.80. The van der Waals surface area contributed by atoms with Gasteiger partial charge in [-0.25, -0.2) is 8.78 Å². The van der Waals surface area contributed by atoms with Crippen LogP contribution in [0.4, 0.5) is 8.78 Å². The smallest absolute Gasteiger partial charge is 0.272 e. The van der Waals surface area contributed by atoms with Gasteiger partial charge in [-0.2, -0.15) is 0 Å². The molecule has 2 N–H and O–H groups in total. The Bertz CT molecular complexity index is 645. The number of halogens is 2. The summed E-state index contributed by atoms with van der Waals surface area (Å²) in [4.78, 5) is 15.9. The van der Waals surface area contributed by atoms with Crippen molar-refractivity contribution in [2.75, 3.05) is 13.2 Å². The molecule has 2 rings (SSSR count). The van der Waals surface area contributed by atoms with Crippen molar-refractivity contribution in [1.82, 2.24) is 10.3 Å². The largest absolute Gasteiger partial charge is 0.488 e. The molecule has 1 unspecified atom stereocenters. The molecule has 2 aromatic heterocycles. The van der Waals surface area contributed by atoms with Gasteiger partial charge in [0.05, 0.1) is 12.8 Å². The summed E-state index contributed by atoms with van der Waals surface area (Å²) in [5, 5.41) is 12.7. The number of hydrogen-bond acceptors (Lipinski definition) is 5. The van der Waals surface area contributed by atoms with E-state index < -0.39 is 24.5 Å². The second-order valence-corrected chi connectivity index (χ2v) is 5.01. The molecule has 23 heavy (non-hydrogen) atoms. The Morgan fingerprint density at radius 1 is 1.52 bits per heavy atom. The number of rotatable bonds is 7. The van der Waals surface area contributed by atoms with Gasteiger partial charge < -0.3 is 19.6 Å². The van der Waals surface area contributed by atoms with Crippen LogP contribution in [0.15, 0.2) is 41.1 Å². The van der Waals surface area contributed by atoms with Crippen LogP contribution in [-0.4, -0.2) is 35.6 Å². The van der Waals surface area contributed by atoms with Gasteiger partial charge in [0.1, 0.15) is 29.4 Å². The highest BCUT2D eigenvalue weighted by atomic mass is 19.3. The van der Waals surface area contributed by atoms with Crippen LogP contribution in [0.3, 0.4) is 0 Å². The van der Waals surface area contributed by atoms with E-state index in [0.717, 1.165) is 0 Å². The SMILES string of the molecule is CC(O)(CNC(=O)c1cc(OCC(F)F)ccn1)c1ccco1. The lowest BCUT2D eigenvalue weighted by molar-refractivity contribution is 0.0329. The standard InChI is InChI=1S/C15H16F2N2O4/c1-15(21,12-3-2-6-22-12)9-19-14(20)11-7-10(4-5-18-11)23-8-13(16)17/h2-7,13,21H,8-9H2,1H3,(H,19,20). The molecule has 0 fully saturated rings. The van der Waals surface area contributed by atoms with E-state index in [4.69, 9.17) is 9.15 Å². The summed E-state index contributed by atoms with van der Waals surface area (Å²) in [5.41, 5.74) is -1.39. The summed E-state index contributed by atoms with van der Waals surface area (Å²) >= 11 is 0. The molecule has 1 atom stereocenters. The zero-order valence-electron chi connectivity index (χ0n) is 12.3. The molecule has 8 heteroatoms. The molecular formula is C15H16F2N2O4. The quantitative estimate of drug-likeness (QED) is 0.812. The lowest BCUT2D eigenvalue weighted by Crippen LogP contribution is -2.38. The summed E-state index contributed by atoms with van der Waals surface area (Å²) in [6.45, 7) is 0.614. The highest BCUT2D eigenvalue weighted by Gasteiger charge is 2.27. The molecule has 6 nitrogen and oxygen atoms in total. The van der Waals surface area contributed by atoms with Gasteiger partial charge in [-0.15, -0.1) is 0 Å². The van der Waals surface area contributed by atoms with Crippen LogP contribution in [0, 0.1) is 0 Å². The molecule has 0 radical (unpaired) electrons. The molecule has 0 aliphatic carbocycles. The third-order valence-corrected chi connectivity index (χ3v) is 2.99.